The van der Waals surface area contributed by atoms with Crippen molar-refractivity contribution in [2.75, 3.05) is 6.61 Å². The fourth-order valence-electron chi connectivity index (χ4n) is 3.93. The van der Waals surface area contributed by atoms with E-state index in [4.69, 9.17) is 9.72 Å². The summed E-state index contributed by atoms with van der Waals surface area (Å²) in [7, 11) is 0. The molecule has 168 valence electrons. The minimum atomic E-state index is -0.693. The highest BCUT2D eigenvalue weighted by Crippen LogP contribution is 2.37. The first-order valence-electron chi connectivity index (χ1n) is 10.9. The molecule has 0 bridgehead atoms. The average molecular weight is 444 g/mol. The summed E-state index contributed by atoms with van der Waals surface area (Å²) in [6.45, 7) is 3.00. The summed E-state index contributed by atoms with van der Waals surface area (Å²) in [4.78, 5) is 41.7. The number of pyridine rings is 1. The van der Waals surface area contributed by atoms with Gasteiger partial charge >= 0.3 is 12.0 Å². The number of nitrogens with one attached hydrogen (secondary N) is 2. The quantitative estimate of drug-likeness (QED) is 0.579. The molecule has 33 heavy (non-hydrogen) atoms. The number of hydrogen-bond donors (Lipinski definition) is 2. The number of allylic oxidation sites excluding steroid dienone is 1. The summed E-state index contributed by atoms with van der Waals surface area (Å²) in [6.07, 6.45) is 3.49. The van der Waals surface area contributed by atoms with Gasteiger partial charge in [-0.2, -0.15) is 0 Å². The highest BCUT2D eigenvalue weighted by molar-refractivity contribution is 6.08. The zero-order valence-electron chi connectivity index (χ0n) is 18.6. The SMILES string of the molecule is CC(C)NC(=O)NC(=O)COC(=O)c1c2c(nc3ccccc13)/C(=C\c1ccccc1)CC2. The Morgan fingerprint density at radius 2 is 1.76 bits per heavy atom. The molecule has 0 fully saturated rings. The number of aromatic nitrogens is 1. The van der Waals surface area contributed by atoms with Gasteiger partial charge in [0.05, 0.1) is 16.8 Å². The Morgan fingerprint density at radius 3 is 2.52 bits per heavy atom. The standard InChI is InChI=1S/C26H25N3O4/c1-16(2)27-26(32)29-22(30)15-33-25(31)23-19-10-6-7-11-21(19)28-24-18(12-13-20(23)24)14-17-8-4-3-5-9-17/h3-11,14,16H,12-13,15H2,1-2H3,(H2,27,29,30,32)/b18-14-. The van der Waals surface area contributed by atoms with Crippen LogP contribution >= 0.6 is 0 Å². The van der Waals surface area contributed by atoms with Crippen molar-refractivity contribution in [2.24, 2.45) is 0 Å². The van der Waals surface area contributed by atoms with E-state index >= 15 is 0 Å². The number of benzene rings is 2. The van der Waals surface area contributed by atoms with Crippen molar-refractivity contribution < 1.29 is 19.1 Å². The third-order valence-electron chi connectivity index (χ3n) is 5.29. The second-order valence-corrected chi connectivity index (χ2v) is 8.16. The number of fused-ring (bicyclic) bond motifs is 2. The van der Waals surface area contributed by atoms with Gasteiger partial charge in [0, 0.05) is 11.4 Å². The molecule has 4 rings (SSSR count). The molecular weight excluding hydrogens is 418 g/mol. The van der Waals surface area contributed by atoms with Crippen LogP contribution in [0.4, 0.5) is 4.79 Å². The van der Waals surface area contributed by atoms with Gasteiger partial charge in [-0.15, -0.1) is 0 Å². The van der Waals surface area contributed by atoms with Crippen LogP contribution in [0, 0.1) is 0 Å². The first-order chi connectivity index (χ1) is 15.9. The minimum Gasteiger partial charge on any atom is -0.452 e. The monoisotopic (exact) mass is 443 g/mol. The molecule has 1 aromatic heterocycles. The summed E-state index contributed by atoms with van der Waals surface area (Å²) >= 11 is 0. The van der Waals surface area contributed by atoms with Gasteiger partial charge in [0.25, 0.3) is 5.91 Å². The predicted octanol–water partition coefficient (Wildman–Crippen LogP) is 4.11. The zero-order valence-corrected chi connectivity index (χ0v) is 18.6. The van der Waals surface area contributed by atoms with Crippen LogP contribution in [0.1, 0.15) is 47.4 Å². The van der Waals surface area contributed by atoms with Crippen LogP contribution in [0.3, 0.4) is 0 Å². The third-order valence-corrected chi connectivity index (χ3v) is 5.29. The van der Waals surface area contributed by atoms with Crippen LogP contribution in [0.5, 0.6) is 0 Å². The van der Waals surface area contributed by atoms with Gasteiger partial charge in [-0.1, -0.05) is 48.5 Å². The second-order valence-electron chi connectivity index (χ2n) is 8.16. The fraction of sp³-hybridized carbons (Fsp3) is 0.231. The van der Waals surface area contributed by atoms with Crippen molar-refractivity contribution in [2.45, 2.75) is 32.7 Å². The molecule has 0 spiro atoms. The highest BCUT2D eigenvalue weighted by Gasteiger charge is 2.28. The van der Waals surface area contributed by atoms with Crippen molar-refractivity contribution in [3.63, 3.8) is 0 Å². The molecule has 7 heteroatoms. The molecule has 0 aliphatic heterocycles. The van der Waals surface area contributed by atoms with E-state index in [1.165, 1.54) is 0 Å². The van der Waals surface area contributed by atoms with Crippen molar-refractivity contribution in [3.8, 4) is 0 Å². The molecular formula is C26H25N3O4. The Bertz CT molecular complexity index is 1250. The van der Waals surface area contributed by atoms with Crippen LogP contribution in [0.15, 0.2) is 54.6 Å². The zero-order chi connectivity index (χ0) is 23.4. The number of amides is 3. The van der Waals surface area contributed by atoms with Gasteiger partial charge in [-0.25, -0.2) is 14.6 Å². The Morgan fingerprint density at radius 1 is 1.03 bits per heavy atom. The predicted molar refractivity (Wildman–Crippen MR) is 126 cm³/mol. The molecule has 0 saturated carbocycles. The van der Waals surface area contributed by atoms with Crippen LogP contribution in [0.2, 0.25) is 0 Å². The van der Waals surface area contributed by atoms with Crippen molar-refractivity contribution in [3.05, 3.63) is 77.0 Å². The van der Waals surface area contributed by atoms with Crippen molar-refractivity contribution >= 4 is 40.5 Å². The normalized spacial score (nSPS) is 13.7. The molecule has 0 radical (unpaired) electrons. The molecule has 2 aromatic carbocycles. The van der Waals surface area contributed by atoms with Gasteiger partial charge < -0.3 is 10.1 Å². The van der Waals surface area contributed by atoms with Crippen LogP contribution in [-0.2, 0) is 16.0 Å². The molecule has 3 aromatic rings. The number of ether oxygens (including phenoxy) is 1. The lowest BCUT2D eigenvalue weighted by Gasteiger charge is -2.13. The average Bonchev–Trinajstić information content (AvgIpc) is 3.18. The fourth-order valence-corrected chi connectivity index (χ4v) is 3.93. The van der Waals surface area contributed by atoms with Crippen LogP contribution in [-0.4, -0.2) is 35.5 Å². The van der Waals surface area contributed by atoms with E-state index in [0.29, 0.717) is 22.9 Å². The maximum Gasteiger partial charge on any atom is 0.339 e. The number of urea groups is 1. The Hall–Kier alpha value is -4.00. The maximum atomic E-state index is 13.1. The van der Waals surface area contributed by atoms with E-state index in [9.17, 15) is 14.4 Å². The van der Waals surface area contributed by atoms with E-state index in [1.54, 1.807) is 13.8 Å². The summed E-state index contributed by atoms with van der Waals surface area (Å²) in [5.41, 5.74) is 4.83. The topological polar surface area (TPSA) is 97.4 Å². The summed E-state index contributed by atoms with van der Waals surface area (Å²) < 4.78 is 5.30. The minimum absolute atomic E-state index is 0.121. The molecule has 1 aliphatic carbocycles. The lowest BCUT2D eigenvalue weighted by Crippen LogP contribution is -2.44. The number of rotatable bonds is 5. The Kier molecular flexibility index (Phi) is 6.49. The number of imide groups is 1. The molecule has 0 unspecified atom stereocenters. The van der Waals surface area contributed by atoms with E-state index < -0.39 is 24.5 Å². The van der Waals surface area contributed by atoms with E-state index in [-0.39, 0.29) is 6.04 Å². The first-order valence-corrected chi connectivity index (χ1v) is 10.9. The largest absolute Gasteiger partial charge is 0.452 e. The van der Waals surface area contributed by atoms with Gasteiger partial charge in [-0.3, -0.25) is 10.1 Å². The smallest absolute Gasteiger partial charge is 0.339 e. The number of hydrogen-bond acceptors (Lipinski definition) is 5. The summed E-state index contributed by atoms with van der Waals surface area (Å²) in [6, 6.07) is 16.6. The molecule has 3 amide bonds. The summed E-state index contributed by atoms with van der Waals surface area (Å²) in [5, 5.41) is 5.39. The first kappa shape index (κ1) is 22.2. The van der Waals surface area contributed by atoms with E-state index in [1.807, 2.05) is 54.6 Å². The van der Waals surface area contributed by atoms with Crippen molar-refractivity contribution in [1.29, 1.82) is 0 Å². The van der Waals surface area contributed by atoms with Crippen molar-refractivity contribution in [1.82, 2.24) is 15.6 Å². The van der Waals surface area contributed by atoms with Gasteiger partial charge in [-0.05, 0) is 55.5 Å². The number of nitrogens with zero attached hydrogens (tertiary/aromatic N) is 1. The van der Waals surface area contributed by atoms with E-state index in [0.717, 1.165) is 28.8 Å². The summed E-state index contributed by atoms with van der Waals surface area (Å²) in [5.74, 6) is -1.30. The molecule has 1 heterocycles. The van der Waals surface area contributed by atoms with Crippen LogP contribution in [0.25, 0.3) is 22.6 Å². The molecule has 0 saturated heterocycles. The lowest BCUT2D eigenvalue weighted by molar-refractivity contribution is -0.123. The Balaban J connectivity index is 1.61. The number of carbonyl (C=O) groups excluding carboxylic acids is 3. The van der Waals surface area contributed by atoms with E-state index in [2.05, 4.69) is 16.7 Å². The Labute approximate surface area is 191 Å². The number of para-hydroxylation sites is 1. The number of esters is 1. The molecule has 1 aliphatic rings. The third kappa shape index (κ3) is 5.09. The van der Waals surface area contributed by atoms with Crippen LogP contribution < -0.4 is 10.6 Å². The molecule has 0 atom stereocenters. The van der Waals surface area contributed by atoms with Gasteiger partial charge in [0.15, 0.2) is 6.61 Å². The second kappa shape index (κ2) is 9.65. The highest BCUT2D eigenvalue weighted by atomic mass is 16.5. The van der Waals surface area contributed by atoms with Gasteiger partial charge in [0.1, 0.15) is 0 Å². The molecule has 2 N–H and O–H groups in total. The molecule has 7 nitrogen and oxygen atoms in total. The lowest BCUT2D eigenvalue weighted by atomic mass is 10.0. The number of carbonyl (C=O) groups is 3. The maximum absolute atomic E-state index is 13.1. The van der Waals surface area contributed by atoms with Gasteiger partial charge in [0.2, 0.25) is 0 Å².